The molecule has 12 heterocycles. The monoisotopic (exact) mass is 1280 g/mol. The number of hydrogen-bond acceptors (Lipinski definition) is 12. The number of aromatic nitrogens is 2. The number of carbonyl (C=O) groups excluding carboxylic acids is 2. The number of halogens is 1. The first-order valence-electron chi connectivity index (χ1n) is 32.5. The van der Waals surface area contributed by atoms with Crippen LogP contribution in [0.5, 0.6) is 0 Å². The van der Waals surface area contributed by atoms with Gasteiger partial charge in [-0.2, -0.15) is 0 Å². The van der Waals surface area contributed by atoms with Crippen molar-refractivity contribution in [3.8, 4) is 22.5 Å². The standard InChI is InChI=1S/C34H46N4O3S2.C26H31ClN2OS.C8H16N2O2S/c1-22-17-23(2)19-24(18-22)31-28(9-11-36-12-14-37(15-13-36)27-10-16-43(40,41)21-27)29-20-30(42-32(29)35-31)34(3,4)33(39)38-25-5-6-26(38)8-7-25;1-15-11-16(2)13-17(12-15)23-20(9-10-27)21-14-22(31-24(21)28-23)26(3,4)25(30)29-18-5-6-19(29)8-7-18;11-13(12)6-1-8(7-13)10-4-2-9-3-5-10/h17-20,25-27,35H,5-16,21H2,1-4H3;11-14,18-19,28H,5-10H2,1-4H3;8-9H,1-7H2. The third-order valence-corrected chi connectivity index (χ3v) is 27.4. The van der Waals surface area contributed by atoms with Gasteiger partial charge in [-0.3, -0.25) is 19.4 Å². The van der Waals surface area contributed by atoms with Crippen molar-refractivity contribution in [2.75, 3.05) is 87.8 Å². The Labute approximate surface area is 530 Å². The van der Waals surface area contributed by atoms with Crippen molar-refractivity contribution in [2.45, 2.75) is 180 Å². The fourth-order valence-electron chi connectivity index (χ4n) is 16.2. The fourth-order valence-corrected chi connectivity index (χ4v) is 22.2. The number of aryl methyl sites for hydroxylation is 5. The van der Waals surface area contributed by atoms with Crippen LogP contribution >= 0.6 is 34.3 Å². The summed E-state index contributed by atoms with van der Waals surface area (Å²) in [5.41, 5.74) is 11.4. The van der Waals surface area contributed by atoms with E-state index in [2.05, 4.69) is 144 Å². The van der Waals surface area contributed by atoms with Crippen LogP contribution in [0.1, 0.15) is 135 Å². The largest absolute Gasteiger partial charge is 0.346 e. The predicted octanol–water partition coefficient (Wildman–Crippen LogP) is 11.1. The van der Waals surface area contributed by atoms with Crippen LogP contribution in [0, 0.1) is 27.7 Å². The summed E-state index contributed by atoms with van der Waals surface area (Å²) in [5.74, 6) is 2.61. The maximum atomic E-state index is 13.9. The normalized spacial score (nSPS) is 25.6. The third kappa shape index (κ3) is 13.1. The number of benzene rings is 2. The van der Waals surface area contributed by atoms with Gasteiger partial charge in [0.05, 0.1) is 45.2 Å². The van der Waals surface area contributed by atoms with Crippen molar-refractivity contribution in [1.29, 1.82) is 0 Å². The second kappa shape index (κ2) is 25.2. The number of sulfone groups is 2. The second-order valence-electron chi connectivity index (χ2n) is 28.0. The lowest BCUT2D eigenvalue weighted by Crippen LogP contribution is -2.51. The van der Waals surface area contributed by atoms with Crippen LogP contribution in [0.3, 0.4) is 0 Å². The van der Waals surface area contributed by atoms with Gasteiger partial charge < -0.3 is 30.0 Å². The molecule has 2 amide bonds. The fraction of sp³-hybridized carbons (Fsp3) is 0.618. The minimum absolute atomic E-state index is 0.193. The number of rotatable bonds is 13. The summed E-state index contributed by atoms with van der Waals surface area (Å²) in [4.78, 5) is 51.3. The first-order valence-corrected chi connectivity index (χ1v) is 38.3. The maximum Gasteiger partial charge on any atom is 0.233 e. The number of amides is 2. The third-order valence-electron chi connectivity index (χ3n) is 20.9. The zero-order valence-corrected chi connectivity index (χ0v) is 56.7. The molecule has 0 radical (unpaired) electrons. The maximum absolute atomic E-state index is 13.9. The van der Waals surface area contributed by atoms with Crippen LogP contribution in [0.4, 0.5) is 0 Å². The molecule has 2 atom stereocenters. The van der Waals surface area contributed by atoms with E-state index >= 15 is 0 Å². The SMILES string of the molecule is Cc1cc(C)cc(-c2[nH]c3sc(C(C)(C)C(=O)N4C5CCC4CC5)cc3c2CCCl)c1.Cc1cc(C)cc(-c2[nH]c3sc(C(C)(C)C(=O)N4C5CCC4CC5)cc3c2CCN2CCN(C3CCS(=O)(=O)C3)CC2)c1.O=S1(=O)CCC(N2CCNCC2)C1. The zero-order valence-electron chi connectivity index (χ0n) is 52.7. The van der Waals surface area contributed by atoms with E-state index in [4.69, 9.17) is 11.6 Å². The minimum Gasteiger partial charge on any atom is -0.346 e. The Hall–Kier alpha value is -4.11. The van der Waals surface area contributed by atoms with Crippen molar-refractivity contribution in [1.82, 2.24) is 39.8 Å². The van der Waals surface area contributed by atoms with E-state index in [-0.39, 0.29) is 6.04 Å². The molecule has 2 unspecified atom stereocenters. The van der Waals surface area contributed by atoms with Crippen molar-refractivity contribution in [3.63, 3.8) is 0 Å². The highest BCUT2D eigenvalue weighted by molar-refractivity contribution is 7.92. The Morgan fingerprint density at radius 2 is 0.897 bits per heavy atom. The highest BCUT2D eigenvalue weighted by Crippen LogP contribution is 2.47. The van der Waals surface area contributed by atoms with Crippen LogP contribution in [0.2, 0.25) is 0 Å². The number of fused-ring (bicyclic) bond motifs is 6. The van der Waals surface area contributed by atoms with Gasteiger partial charge in [-0.05, 0) is 191 Å². The molecule has 0 aliphatic carbocycles. The molecule has 4 bridgehead atoms. The molecular weight excluding hydrogens is 1190 g/mol. The predicted molar refractivity (Wildman–Crippen MR) is 359 cm³/mol. The number of nitrogens with zero attached hydrogens (tertiary/aromatic N) is 5. The van der Waals surface area contributed by atoms with E-state index in [1.807, 2.05) is 0 Å². The molecule has 8 fully saturated rings. The van der Waals surface area contributed by atoms with Crippen molar-refractivity contribution < 1.29 is 26.4 Å². The van der Waals surface area contributed by atoms with Gasteiger partial charge in [0.25, 0.3) is 0 Å². The molecule has 14 nitrogen and oxygen atoms in total. The number of hydrogen-bond donors (Lipinski definition) is 3. The Morgan fingerprint density at radius 3 is 1.26 bits per heavy atom. The van der Waals surface area contributed by atoms with Crippen LogP contribution in [-0.2, 0) is 52.9 Å². The Morgan fingerprint density at radius 1 is 0.517 bits per heavy atom. The first kappa shape index (κ1) is 63.1. The van der Waals surface area contributed by atoms with Gasteiger partial charge in [0.15, 0.2) is 19.7 Å². The quantitative estimate of drug-likeness (QED) is 0.0949. The lowest BCUT2D eigenvalue weighted by Gasteiger charge is -2.37. The van der Waals surface area contributed by atoms with Gasteiger partial charge in [0.2, 0.25) is 11.8 Å². The Balaban J connectivity index is 0.000000145. The van der Waals surface area contributed by atoms with Crippen molar-refractivity contribution in [2.24, 2.45) is 0 Å². The summed E-state index contributed by atoms with van der Waals surface area (Å²) in [6.07, 6.45) is 12.7. The van der Waals surface area contributed by atoms with E-state index in [1.54, 1.807) is 22.7 Å². The average molecular weight is 1280 g/mol. The molecule has 0 spiro atoms. The molecule has 4 aromatic heterocycles. The molecule has 6 aromatic rings. The van der Waals surface area contributed by atoms with Gasteiger partial charge in [0.1, 0.15) is 9.66 Å². The lowest BCUT2D eigenvalue weighted by molar-refractivity contribution is -0.138. The molecule has 3 N–H and O–H groups in total. The Bertz CT molecular complexity index is 3670. The van der Waals surface area contributed by atoms with Gasteiger partial charge in [-0.1, -0.05) is 34.4 Å². The zero-order chi connectivity index (χ0) is 61.3. The van der Waals surface area contributed by atoms with E-state index in [0.29, 0.717) is 70.9 Å². The van der Waals surface area contributed by atoms with E-state index in [1.165, 1.54) is 92.4 Å². The molecule has 0 saturated carbocycles. The van der Waals surface area contributed by atoms with E-state index in [9.17, 15) is 26.4 Å². The Kier molecular flexibility index (Phi) is 18.2. The number of H-pyrrole nitrogens is 2. The summed E-state index contributed by atoms with van der Waals surface area (Å²) in [6.45, 7) is 25.8. The van der Waals surface area contributed by atoms with Gasteiger partial charge in [-0.25, -0.2) is 16.8 Å². The van der Waals surface area contributed by atoms with E-state index in [0.717, 1.165) is 130 Å². The van der Waals surface area contributed by atoms with Crippen molar-refractivity contribution >= 4 is 86.2 Å². The summed E-state index contributed by atoms with van der Waals surface area (Å²) in [5, 5.41) is 5.75. The average Bonchev–Trinajstić information content (AvgIpc) is 1.67. The molecular formula is C68H93ClN8O6S4. The van der Waals surface area contributed by atoms with Crippen LogP contribution in [0.25, 0.3) is 42.9 Å². The molecule has 8 aliphatic rings. The number of carbonyl (C=O) groups is 2. The van der Waals surface area contributed by atoms with Gasteiger partial charge >= 0.3 is 0 Å². The molecule has 14 rings (SSSR count). The van der Waals surface area contributed by atoms with Crippen LogP contribution in [-0.4, -0.2) is 187 Å². The summed E-state index contributed by atoms with van der Waals surface area (Å²) in [7, 11) is -5.57. The smallest absolute Gasteiger partial charge is 0.233 e. The van der Waals surface area contributed by atoms with Crippen LogP contribution in [0.15, 0.2) is 48.5 Å². The number of piperazine rings is 2. The number of thiophene rings is 2. The topological polar surface area (TPSA) is 162 Å². The molecule has 87 heavy (non-hydrogen) atoms. The van der Waals surface area contributed by atoms with E-state index < -0.39 is 30.5 Å². The van der Waals surface area contributed by atoms with Gasteiger partial charge in [0, 0.05) is 122 Å². The summed E-state index contributed by atoms with van der Waals surface area (Å²) < 4.78 is 46.5. The molecule has 8 saturated heterocycles. The first-order chi connectivity index (χ1) is 41.4. The molecule has 2 aromatic carbocycles. The minimum atomic E-state index is -2.86. The lowest BCUT2D eigenvalue weighted by atomic mass is 9.88. The highest BCUT2D eigenvalue weighted by Gasteiger charge is 2.49. The highest BCUT2D eigenvalue weighted by atomic mass is 35.5. The number of aromatic amines is 2. The van der Waals surface area contributed by atoms with Crippen molar-refractivity contribution in [3.05, 3.63) is 91.7 Å². The summed E-state index contributed by atoms with van der Waals surface area (Å²) >= 11 is 9.70. The number of alkyl halides is 1. The number of nitrogens with one attached hydrogen (secondary N) is 3. The van der Waals surface area contributed by atoms with Crippen LogP contribution < -0.4 is 5.32 Å². The van der Waals surface area contributed by atoms with Gasteiger partial charge in [-0.15, -0.1) is 34.3 Å². The second-order valence-corrected chi connectivity index (χ2v) is 34.9. The molecule has 472 valence electrons. The molecule has 19 heteroatoms. The molecule has 8 aliphatic heterocycles. The summed E-state index contributed by atoms with van der Waals surface area (Å²) in [6, 6.07) is 20.3.